The minimum absolute atomic E-state index is 0.111. The molecule has 0 saturated carbocycles. The molecule has 0 spiro atoms. The van der Waals surface area contributed by atoms with E-state index in [9.17, 15) is 18.0 Å². The second-order valence-electron chi connectivity index (χ2n) is 9.13. The molecule has 1 aromatic carbocycles. The summed E-state index contributed by atoms with van der Waals surface area (Å²) in [6.07, 6.45) is 2.84. The Morgan fingerprint density at radius 1 is 1.14 bits per heavy atom. The number of nitrogens with zero attached hydrogens (tertiary/aromatic N) is 4. The highest BCUT2D eigenvalue weighted by Crippen LogP contribution is 2.32. The molecule has 36 heavy (non-hydrogen) atoms. The molecule has 1 saturated heterocycles. The zero-order valence-corrected chi connectivity index (χ0v) is 22.0. The van der Waals surface area contributed by atoms with Crippen LogP contribution in [0.2, 0.25) is 0 Å². The van der Waals surface area contributed by atoms with Crippen molar-refractivity contribution < 1.29 is 17.9 Å². The molecule has 0 aliphatic carbocycles. The quantitative estimate of drug-likeness (QED) is 0.435. The number of benzene rings is 1. The van der Waals surface area contributed by atoms with Crippen molar-refractivity contribution in [3.05, 3.63) is 45.4 Å². The van der Waals surface area contributed by atoms with E-state index in [1.165, 1.54) is 21.0 Å². The molecule has 1 N–H and O–H groups in total. The number of hydrogen-bond acceptors (Lipinski definition) is 7. The lowest BCUT2D eigenvalue weighted by Crippen LogP contribution is -2.47. The molecular formula is C25H33N5O5S. The summed E-state index contributed by atoms with van der Waals surface area (Å²) in [5.74, 6) is 0.604. The van der Waals surface area contributed by atoms with Gasteiger partial charge in [0, 0.05) is 31.7 Å². The first-order valence-electron chi connectivity index (χ1n) is 12.3. The fourth-order valence-electron chi connectivity index (χ4n) is 4.55. The molecule has 0 amide bonds. The summed E-state index contributed by atoms with van der Waals surface area (Å²) in [6.45, 7) is 8.22. The Morgan fingerprint density at radius 2 is 1.86 bits per heavy atom. The number of aldehydes is 1. The van der Waals surface area contributed by atoms with E-state index in [0.29, 0.717) is 72.9 Å². The van der Waals surface area contributed by atoms with Crippen LogP contribution in [-0.2, 0) is 16.4 Å². The number of H-pyrrole nitrogens is 1. The highest BCUT2D eigenvalue weighted by Gasteiger charge is 2.29. The number of ether oxygens (including phenoxy) is 1. The summed E-state index contributed by atoms with van der Waals surface area (Å²) < 4.78 is 35.8. The van der Waals surface area contributed by atoms with E-state index in [4.69, 9.17) is 4.74 Å². The largest absolute Gasteiger partial charge is 0.493 e. The normalized spacial score (nSPS) is 15.4. The van der Waals surface area contributed by atoms with Crippen molar-refractivity contribution in [2.45, 2.75) is 44.9 Å². The third-order valence-electron chi connectivity index (χ3n) is 6.56. The Labute approximate surface area is 210 Å². The SMILES string of the molecule is CCCOc1ccc(S(=O)(=O)N2CCN(C)CC2)cc1-c1nn2c(CCC)c(C=O)c(C)c2c(=O)[nH]1. The topological polar surface area (TPSA) is 117 Å². The van der Waals surface area contributed by atoms with E-state index < -0.39 is 15.6 Å². The summed E-state index contributed by atoms with van der Waals surface area (Å²) >= 11 is 0. The first-order valence-corrected chi connectivity index (χ1v) is 13.7. The maximum absolute atomic E-state index is 13.4. The molecule has 3 heterocycles. The Hall–Kier alpha value is -3.02. The van der Waals surface area contributed by atoms with Gasteiger partial charge in [0.05, 0.1) is 22.8 Å². The van der Waals surface area contributed by atoms with E-state index in [-0.39, 0.29) is 10.7 Å². The van der Waals surface area contributed by atoms with Gasteiger partial charge in [0.25, 0.3) is 5.56 Å². The Balaban J connectivity index is 1.90. The van der Waals surface area contributed by atoms with Crippen molar-refractivity contribution in [2.75, 3.05) is 39.8 Å². The minimum Gasteiger partial charge on any atom is -0.493 e. The van der Waals surface area contributed by atoms with Crippen LogP contribution in [0.15, 0.2) is 27.9 Å². The zero-order chi connectivity index (χ0) is 26.0. The molecule has 0 radical (unpaired) electrons. The molecule has 0 atom stereocenters. The fraction of sp³-hybridized carbons (Fsp3) is 0.480. The maximum Gasteiger partial charge on any atom is 0.275 e. The number of carbonyl (C=O) groups excluding carboxylic acids is 1. The number of aromatic nitrogens is 3. The van der Waals surface area contributed by atoms with Crippen LogP contribution in [0.3, 0.4) is 0 Å². The molecule has 4 rings (SSSR count). The van der Waals surface area contributed by atoms with Crippen LogP contribution in [0.1, 0.15) is 48.3 Å². The van der Waals surface area contributed by atoms with Crippen LogP contribution >= 0.6 is 0 Å². The number of rotatable bonds is 9. The number of likely N-dealkylation sites (N-methyl/N-ethyl adjacent to an activating group) is 1. The molecule has 0 unspecified atom stereocenters. The van der Waals surface area contributed by atoms with Crippen LogP contribution in [0, 0.1) is 6.92 Å². The van der Waals surface area contributed by atoms with Crippen molar-refractivity contribution in [1.29, 1.82) is 0 Å². The van der Waals surface area contributed by atoms with Crippen molar-refractivity contribution in [3.8, 4) is 17.1 Å². The van der Waals surface area contributed by atoms with Crippen LogP contribution in [0.5, 0.6) is 5.75 Å². The van der Waals surface area contributed by atoms with Gasteiger partial charge in [0.2, 0.25) is 10.0 Å². The summed E-state index contributed by atoms with van der Waals surface area (Å²) in [5, 5.41) is 4.68. The van der Waals surface area contributed by atoms with Crippen molar-refractivity contribution in [1.82, 2.24) is 23.8 Å². The number of hydrogen-bond donors (Lipinski definition) is 1. The Bertz CT molecular complexity index is 1440. The third-order valence-corrected chi connectivity index (χ3v) is 8.45. The van der Waals surface area contributed by atoms with Crippen molar-refractivity contribution >= 4 is 21.8 Å². The molecular weight excluding hydrogens is 482 g/mol. The Morgan fingerprint density at radius 3 is 2.50 bits per heavy atom. The summed E-state index contributed by atoms with van der Waals surface area (Å²) in [5.41, 5.74) is 1.96. The number of carbonyl (C=O) groups is 1. The lowest BCUT2D eigenvalue weighted by molar-refractivity contribution is 0.112. The molecule has 11 heteroatoms. The van der Waals surface area contributed by atoms with Crippen LogP contribution in [0.25, 0.3) is 16.9 Å². The summed E-state index contributed by atoms with van der Waals surface area (Å²) in [4.78, 5) is 30.0. The van der Waals surface area contributed by atoms with Crippen LogP contribution in [-0.4, -0.2) is 78.3 Å². The first-order chi connectivity index (χ1) is 17.2. The average molecular weight is 516 g/mol. The van der Waals surface area contributed by atoms with Gasteiger partial charge in [-0.1, -0.05) is 20.3 Å². The van der Waals surface area contributed by atoms with Crippen molar-refractivity contribution in [2.24, 2.45) is 0 Å². The fourth-order valence-corrected chi connectivity index (χ4v) is 5.99. The minimum atomic E-state index is -3.75. The van der Waals surface area contributed by atoms with E-state index in [1.807, 2.05) is 20.9 Å². The zero-order valence-electron chi connectivity index (χ0n) is 21.2. The van der Waals surface area contributed by atoms with Crippen molar-refractivity contribution in [3.63, 3.8) is 0 Å². The molecule has 3 aromatic rings. The Kier molecular flexibility index (Phi) is 7.62. The van der Waals surface area contributed by atoms with Gasteiger partial charge in [0.1, 0.15) is 11.3 Å². The monoisotopic (exact) mass is 515 g/mol. The molecule has 1 aliphatic rings. The second kappa shape index (κ2) is 10.5. The molecule has 2 aromatic heterocycles. The van der Waals surface area contributed by atoms with Gasteiger partial charge in [-0.2, -0.15) is 4.31 Å². The van der Waals surface area contributed by atoms with Crippen LogP contribution in [0.4, 0.5) is 0 Å². The number of fused-ring (bicyclic) bond motifs is 1. The predicted molar refractivity (Wildman–Crippen MR) is 137 cm³/mol. The number of aryl methyl sites for hydroxylation is 2. The third kappa shape index (κ3) is 4.70. The van der Waals surface area contributed by atoms with Gasteiger partial charge in [0.15, 0.2) is 12.1 Å². The van der Waals surface area contributed by atoms with E-state index in [1.54, 1.807) is 13.0 Å². The molecule has 1 aliphatic heterocycles. The maximum atomic E-state index is 13.4. The molecule has 1 fully saturated rings. The van der Waals surface area contributed by atoms with Gasteiger partial charge in [-0.25, -0.2) is 12.9 Å². The second-order valence-corrected chi connectivity index (χ2v) is 11.1. The number of nitrogens with one attached hydrogen (secondary N) is 1. The average Bonchev–Trinajstić information content (AvgIpc) is 3.13. The highest BCUT2D eigenvalue weighted by molar-refractivity contribution is 7.89. The molecule has 194 valence electrons. The van der Waals surface area contributed by atoms with Gasteiger partial charge < -0.3 is 14.6 Å². The van der Waals surface area contributed by atoms with Gasteiger partial charge in [-0.05, 0) is 50.6 Å². The van der Waals surface area contributed by atoms with E-state index in [0.717, 1.165) is 19.1 Å². The summed E-state index contributed by atoms with van der Waals surface area (Å²) in [7, 11) is -1.79. The lowest BCUT2D eigenvalue weighted by atomic mass is 10.1. The van der Waals surface area contributed by atoms with Gasteiger partial charge in [-0.15, -0.1) is 5.10 Å². The van der Waals surface area contributed by atoms with Crippen LogP contribution < -0.4 is 10.3 Å². The molecule has 10 nitrogen and oxygen atoms in total. The van der Waals surface area contributed by atoms with E-state index >= 15 is 0 Å². The molecule has 0 bridgehead atoms. The lowest BCUT2D eigenvalue weighted by Gasteiger charge is -2.31. The number of piperazine rings is 1. The first kappa shape index (κ1) is 26.1. The predicted octanol–water partition coefficient (Wildman–Crippen LogP) is 2.49. The number of sulfonamides is 1. The van der Waals surface area contributed by atoms with Gasteiger partial charge >= 0.3 is 0 Å². The smallest absolute Gasteiger partial charge is 0.275 e. The standard InChI is InChI=1S/C25H33N5O5S/c1-5-7-21-20(16-31)17(3)23-25(32)26-24(27-30(21)23)19-15-18(8-9-22(19)35-14-6-2)36(33,34)29-12-10-28(4)11-13-29/h8-9,15-16H,5-7,10-14H2,1-4H3,(H,26,27,32). The van der Waals surface area contributed by atoms with E-state index in [2.05, 4.69) is 15.0 Å². The highest BCUT2D eigenvalue weighted by atomic mass is 32.2. The summed E-state index contributed by atoms with van der Waals surface area (Å²) in [6, 6.07) is 4.66. The van der Waals surface area contributed by atoms with Gasteiger partial charge in [-0.3, -0.25) is 9.59 Å². The number of aromatic amines is 1.